The molecule has 14 heavy (non-hydrogen) atoms. The standard InChI is InChI=1S/C9H18N4S/c1-6-5-13(3)7(2)4-8(6)11-12-9(10)14/h7,11H,4-5H2,1-3H3,(H3,10,12,14)/p+1. The van der Waals surface area contributed by atoms with Crippen LogP contribution >= 0.6 is 12.2 Å². The highest BCUT2D eigenvalue weighted by Crippen LogP contribution is 2.09. The average molecular weight is 215 g/mol. The topological polar surface area (TPSA) is 54.5 Å². The summed E-state index contributed by atoms with van der Waals surface area (Å²) in [5.41, 5.74) is 13.8. The average Bonchev–Trinajstić information content (AvgIpc) is 2.09. The number of nitrogens with two attached hydrogens (primary N) is 1. The number of quaternary nitrogens is 1. The van der Waals surface area contributed by atoms with E-state index < -0.39 is 0 Å². The second-order valence-corrected chi connectivity index (χ2v) is 4.44. The van der Waals surface area contributed by atoms with Crippen LogP contribution in [0.15, 0.2) is 11.3 Å². The smallest absolute Gasteiger partial charge is 0.182 e. The first kappa shape index (κ1) is 11.3. The monoisotopic (exact) mass is 215 g/mol. The first-order valence-corrected chi connectivity index (χ1v) is 5.24. The molecule has 0 aromatic carbocycles. The highest BCUT2D eigenvalue weighted by Gasteiger charge is 2.22. The molecule has 0 amide bonds. The minimum atomic E-state index is 0.282. The summed E-state index contributed by atoms with van der Waals surface area (Å²) in [4.78, 5) is 1.54. The van der Waals surface area contributed by atoms with Crippen LogP contribution in [0.4, 0.5) is 0 Å². The Labute approximate surface area is 90.5 Å². The van der Waals surface area contributed by atoms with E-state index in [1.165, 1.54) is 11.3 Å². The van der Waals surface area contributed by atoms with Crippen LogP contribution in [0.2, 0.25) is 0 Å². The zero-order valence-corrected chi connectivity index (χ0v) is 9.79. The van der Waals surface area contributed by atoms with Gasteiger partial charge in [-0.1, -0.05) is 0 Å². The molecule has 0 fully saturated rings. The number of thiocarbonyl (C=S) groups is 1. The molecule has 0 aromatic heterocycles. The fourth-order valence-electron chi connectivity index (χ4n) is 1.65. The molecule has 0 saturated carbocycles. The van der Waals surface area contributed by atoms with Crippen LogP contribution < -0.4 is 21.5 Å². The van der Waals surface area contributed by atoms with Crippen LogP contribution in [0.5, 0.6) is 0 Å². The molecule has 5 N–H and O–H groups in total. The highest BCUT2D eigenvalue weighted by molar-refractivity contribution is 7.80. The molecule has 0 bridgehead atoms. The number of nitrogens with one attached hydrogen (secondary N) is 3. The molecule has 2 atom stereocenters. The van der Waals surface area contributed by atoms with Gasteiger partial charge in [0.05, 0.1) is 13.1 Å². The van der Waals surface area contributed by atoms with Crippen LogP contribution in [0, 0.1) is 0 Å². The highest BCUT2D eigenvalue weighted by atomic mass is 32.1. The molecule has 5 heteroatoms. The van der Waals surface area contributed by atoms with Crippen LogP contribution in [-0.2, 0) is 0 Å². The van der Waals surface area contributed by atoms with E-state index in [1.807, 2.05) is 0 Å². The largest absolute Gasteiger partial charge is 0.375 e. The minimum Gasteiger partial charge on any atom is -0.375 e. The van der Waals surface area contributed by atoms with Gasteiger partial charge in [-0.25, -0.2) is 0 Å². The Kier molecular flexibility index (Phi) is 3.71. The minimum absolute atomic E-state index is 0.282. The van der Waals surface area contributed by atoms with E-state index in [0.29, 0.717) is 6.04 Å². The van der Waals surface area contributed by atoms with Crippen molar-refractivity contribution in [1.29, 1.82) is 0 Å². The molecular weight excluding hydrogens is 196 g/mol. The zero-order chi connectivity index (χ0) is 10.7. The third-order valence-electron chi connectivity index (χ3n) is 2.75. The van der Waals surface area contributed by atoms with Crippen molar-refractivity contribution in [3.8, 4) is 0 Å². The Hall–Kier alpha value is -0.810. The molecule has 0 radical (unpaired) electrons. The van der Waals surface area contributed by atoms with Crippen LogP contribution in [0.25, 0.3) is 0 Å². The lowest BCUT2D eigenvalue weighted by Gasteiger charge is -2.30. The molecule has 1 aliphatic rings. The number of likely N-dealkylation sites (N-methyl/N-ethyl adjacent to an activating group) is 1. The molecule has 0 spiro atoms. The van der Waals surface area contributed by atoms with E-state index in [2.05, 4.69) is 31.7 Å². The lowest BCUT2D eigenvalue weighted by molar-refractivity contribution is -0.901. The number of hydrazine groups is 1. The molecule has 0 aromatic rings. The van der Waals surface area contributed by atoms with Gasteiger partial charge in [-0.3, -0.25) is 5.43 Å². The van der Waals surface area contributed by atoms with E-state index >= 15 is 0 Å². The summed E-state index contributed by atoms with van der Waals surface area (Å²) >= 11 is 4.73. The van der Waals surface area contributed by atoms with Crippen LogP contribution in [-0.4, -0.2) is 24.7 Å². The molecular formula is C9H19N4S+. The van der Waals surface area contributed by atoms with Gasteiger partial charge in [0.25, 0.3) is 0 Å². The predicted molar refractivity (Wildman–Crippen MR) is 61.6 cm³/mol. The Bertz CT molecular complexity index is 262. The summed E-state index contributed by atoms with van der Waals surface area (Å²) in [6.45, 7) is 5.45. The summed E-state index contributed by atoms with van der Waals surface area (Å²) in [7, 11) is 2.21. The van der Waals surface area contributed by atoms with Crippen LogP contribution in [0.3, 0.4) is 0 Å². The van der Waals surface area contributed by atoms with E-state index in [0.717, 1.165) is 13.0 Å². The predicted octanol–water partition coefficient (Wildman–Crippen LogP) is -1.09. The normalized spacial score (nSPS) is 27.4. The number of rotatable bonds is 2. The molecule has 0 saturated heterocycles. The van der Waals surface area contributed by atoms with Crippen molar-refractivity contribution >= 4 is 17.3 Å². The Morgan fingerprint density at radius 3 is 2.86 bits per heavy atom. The quantitative estimate of drug-likeness (QED) is 0.349. The van der Waals surface area contributed by atoms with Gasteiger partial charge in [-0.05, 0) is 26.1 Å². The second kappa shape index (κ2) is 4.61. The summed E-state index contributed by atoms with van der Waals surface area (Å²) in [5.74, 6) is 0. The first-order chi connectivity index (χ1) is 6.50. The van der Waals surface area contributed by atoms with Crippen molar-refractivity contribution in [3.63, 3.8) is 0 Å². The van der Waals surface area contributed by atoms with Crippen molar-refractivity contribution in [2.45, 2.75) is 26.3 Å². The maximum absolute atomic E-state index is 5.35. The summed E-state index contributed by atoms with van der Waals surface area (Å²) in [6, 6.07) is 0.634. The third kappa shape index (κ3) is 2.85. The van der Waals surface area contributed by atoms with Gasteiger partial charge in [-0.15, -0.1) is 0 Å². The van der Waals surface area contributed by atoms with Crippen molar-refractivity contribution in [2.24, 2.45) is 5.73 Å². The summed E-state index contributed by atoms with van der Waals surface area (Å²) in [6.07, 6.45) is 1.03. The second-order valence-electron chi connectivity index (χ2n) is 4.00. The maximum Gasteiger partial charge on any atom is 0.182 e. The number of hydrogen-bond acceptors (Lipinski definition) is 2. The van der Waals surface area contributed by atoms with Crippen LogP contribution in [0.1, 0.15) is 20.3 Å². The van der Waals surface area contributed by atoms with Gasteiger partial charge in [0, 0.05) is 17.7 Å². The molecule has 1 rings (SSSR count). The fraction of sp³-hybridized carbons (Fsp3) is 0.667. The maximum atomic E-state index is 5.35. The molecule has 4 nitrogen and oxygen atoms in total. The van der Waals surface area contributed by atoms with Crippen molar-refractivity contribution in [1.82, 2.24) is 10.9 Å². The van der Waals surface area contributed by atoms with Gasteiger partial charge < -0.3 is 16.1 Å². The molecule has 1 aliphatic heterocycles. The summed E-state index contributed by atoms with van der Waals surface area (Å²) in [5, 5.41) is 0.282. The number of hydrogen-bond donors (Lipinski definition) is 4. The van der Waals surface area contributed by atoms with E-state index in [4.69, 9.17) is 18.0 Å². The van der Waals surface area contributed by atoms with E-state index in [1.54, 1.807) is 4.90 Å². The van der Waals surface area contributed by atoms with Gasteiger partial charge in [0.15, 0.2) is 5.11 Å². The molecule has 0 aliphatic carbocycles. The first-order valence-electron chi connectivity index (χ1n) is 4.83. The van der Waals surface area contributed by atoms with Gasteiger partial charge in [0.1, 0.15) is 6.54 Å². The SMILES string of the molecule is CC1=C(NNC(N)=S)CC(C)[NH+](C)C1. The van der Waals surface area contributed by atoms with Gasteiger partial charge in [-0.2, -0.15) is 0 Å². The van der Waals surface area contributed by atoms with E-state index in [-0.39, 0.29) is 5.11 Å². The molecule has 2 unspecified atom stereocenters. The van der Waals surface area contributed by atoms with E-state index in [9.17, 15) is 0 Å². The molecule has 1 heterocycles. The van der Waals surface area contributed by atoms with Crippen molar-refractivity contribution in [3.05, 3.63) is 11.3 Å². The lowest BCUT2D eigenvalue weighted by atomic mass is 10.0. The summed E-state index contributed by atoms with van der Waals surface area (Å²) < 4.78 is 0. The Morgan fingerprint density at radius 1 is 1.64 bits per heavy atom. The van der Waals surface area contributed by atoms with Gasteiger partial charge >= 0.3 is 0 Å². The molecule has 80 valence electrons. The van der Waals surface area contributed by atoms with Gasteiger partial charge in [0.2, 0.25) is 0 Å². The fourth-order valence-corrected chi connectivity index (χ4v) is 1.70. The Balaban J connectivity index is 2.58. The van der Waals surface area contributed by atoms with Crippen molar-refractivity contribution < 1.29 is 4.90 Å². The zero-order valence-electron chi connectivity index (χ0n) is 8.98. The third-order valence-corrected chi connectivity index (χ3v) is 2.85. The Morgan fingerprint density at radius 2 is 2.29 bits per heavy atom. The lowest BCUT2D eigenvalue weighted by Crippen LogP contribution is -3.13. The van der Waals surface area contributed by atoms with Crippen molar-refractivity contribution in [2.75, 3.05) is 13.6 Å².